The molecule has 2 nitrogen and oxygen atoms in total. The normalized spacial score (nSPS) is 15.2. The van der Waals surface area contributed by atoms with Gasteiger partial charge in [-0.25, -0.2) is 8.78 Å². The number of aliphatic hydroxyl groups excluding tert-OH is 1. The van der Waals surface area contributed by atoms with Crippen LogP contribution in [0.15, 0.2) is 23.1 Å². The maximum Gasteiger partial charge on any atom is 0.127 e. The second-order valence-corrected chi connectivity index (χ2v) is 6.76. The van der Waals surface area contributed by atoms with E-state index in [9.17, 15) is 13.0 Å². The minimum atomic E-state index is -3.62. The van der Waals surface area contributed by atoms with Gasteiger partial charge in [0.2, 0.25) is 0 Å². The Balaban J connectivity index is 3.26. The molecule has 80 valence electrons. The van der Waals surface area contributed by atoms with Crippen molar-refractivity contribution in [2.45, 2.75) is 17.3 Å². The van der Waals surface area contributed by atoms with Crippen LogP contribution in [-0.4, -0.2) is 14.8 Å². The molecule has 0 aliphatic carbocycles. The Labute approximate surface area is 85.4 Å². The van der Waals surface area contributed by atoms with E-state index in [1.807, 2.05) is 0 Å². The van der Waals surface area contributed by atoms with Crippen LogP contribution in [0, 0.1) is 11.6 Å². The summed E-state index contributed by atoms with van der Waals surface area (Å²) in [5, 5.41) is 9.08. The van der Waals surface area contributed by atoms with Crippen molar-refractivity contribution in [2.75, 3.05) is 0 Å². The molecule has 14 heavy (non-hydrogen) atoms. The highest BCUT2D eigenvalue weighted by atomic mass is 35.7. The summed E-state index contributed by atoms with van der Waals surface area (Å²) in [6.45, 7) is 1.20. The molecule has 0 unspecified atom stereocenters. The summed E-state index contributed by atoms with van der Waals surface area (Å²) >= 11 is 0. The standard InChI is InChI=1S/C8H9ClF2O2S/c1-5(12)14(9,13)8-3-6(10)2-7(11)4-8/h2-5,12,14H,1H3/t5-/m0/s1. The number of benzene rings is 1. The molecule has 0 fully saturated rings. The van der Waals surface area contributed by atoms with Crippen molar-refractivity contribution in [3.05, 3.63) is 29.8 Å². The van der Waals surface area contributed by atoms with Crippen molar-refractivity contribution in [2.24, 2.45) is 0 Å². The zero-order valence-corrected chi connectivity index (χ0v) is 8.90. The lowest BCUT2D eigenvalue weighted by molar-refractivity contribution is 0.275. The maximum atomic E-state index is 12.7. The van der Waals surface area contributed by atoms with Crippen molar-refractivity contribution in [3.8, 4) is 0 Å². The summed E-state index contributed by atoms with van der Waals surface area (Å²) in [4.78, 5) is -0.216. The van der Waals surface area contributed by atoms with Crippen LogP contribution in [0.25, 0.3) is 0 Å². The molecular formula is C8H9ClF2O2S. The van der Waals surface area contributed by atoms with Gasteiger partial charge in [-0.05, 0) is 29.7 Å². The predicted molar refractivity (Wildman–Crippen MR) is 51.7 cm³/mol. The zero-order chi connectivity index (χ0) is 10.9. The number of rotatable bonds is 2. The van der Waals surface area contributed by atoms with Gasteiger partial charge in [0.15, 0.2) is 0 Å². The SMILES string of the molecule is C[C@@H](O)[SH](=O)(Cl)c1cc(F)cc(F)c1. The van der Waals surface area contributed by atoms with Crippen LogP contribution in [-0.2, 0) is 9.15 Å². The lowest BCUT2D eigenvalue weighted by Crippen LogP contribution is -2.19. The Bertz CT molecular complexity index is 375. The van der Waals surface area contributed by atoms with Crippen molar-refractivity contribution in [3.63, 3.8) is 0 Å². The average Bonchev–Trinajstić information content (AvgIpc) is 2.01. The maximum absolute atomic E-state index is 12.7. The number of hydrogen-bond acceptors (Lipinski definition) is 2. The van der Waals surface area contributed by atoms with Gasteiger partial charge in [-0.3, -0.25) is 4.21 Å². The van der Waals surface area contributed by atoms with E-state index in [0.29, 0.717) is 6.07 Å². The number of thiol groups is 1. The topological polar surface area (TPSA) is 37.3 Å². The molecule has 0 spiro atoms. The second-order valence-electron chi connectivity index (χ2n) is 2.84. The summed E-state index contributed by atoms with van der Waals surface area (Å²) in [6.07, 6.45) is 0. The van der Waals surface area contributed by atoms with Gasteiger partial charge in [0.1, 0.15) is 17.1 Å². The summed E-state index contributed by atoms with van der Waals surface area (Å²) < 4.78 is 37.0. The van der Waals surface area contributed by atoms with Crippen LogP contribution in [0.2, 0.25) is 0 Å². The van der Waals surface area contributed by atoms with E-state index in [2.05, 4.69) is 0 Å². The minimum Gasteiger partial charge on any atom is -0.381 e. The van der Waals surface area contributed by atoms with Gasteiger partial charge in [-0.1, -0.05) is 0 Å². The van der Waals surface area contributed by atoms with Crippen molar-refractivity contribution in [1.29, 1.82) is 0 Å². The highest BCUT2D eigenvalue weighted by molar-refractivity contribution is 8.23. The molecule has 6 heteroatoms. The van der Waals surface area contributed by atoms with Gasteiger partial charge >= 0.3 is 0 Å². The number of aliphatic hydroxyl groups is 1. The van der Waals surface area contributed by atoms with E-state index in [0.717, 1.165) is 12.1 Å². The third-order valence-electron chi connectivity index (χ3n) is 1.68. The Morgan fingerprint density at radius 2 is 1.79 bits per heavy atom. The summed E-state index contributed by atoms with van der Waals surface area (Å²) in [5.41, 5.74) is -1.34. The minimum absolute atomic E-state index is 0.216. The highest BCUT2D eigenvalue weighted by Crippen LogP contribution is 2.28. The van der Waals surface area contributed by atoms with Gasteiger partial charge in [0, 0.05) is 20.1 Å². The molecule has 0 heterocycles. The summed E-state index contributed by atoms with van der Waals surface area (Å²) in [7, 11) is 1.89. The van der Waals surface area contributed by atoms with Crippen LogP contribution < -0.4 is 0 Å². The first kappa shape index (κ1) is 11.6. The molecule has 0 saturated carbocycles. The van der Waals surface area contributed by atoms with Crippen LogP contribution >= 0.6 is 10.7 Å². The van der Waals surface area contributed by atoms with E-state index < -0.39 is 26.2 Å². The van der Waals surface area contributed by atoms with Crippen molar-refractivity contribution < 1.29 is 18.1 Å². The molecule has 1 rings (SSSR count). The fourth-order valence-electron chi connectivity index (χ4n) is 0.931. The van der Waals surface area contributed by atoms with E-state index in [4.69, 9.17) is 15.8 Å². The third kappa shape index (κ3) is 2.29. The highest BCUT2D eigenvalue weighted by Gasteiger charge is 2.22. The zero-order valence-electron chi connectivity index (χ0n) is 7.25. The van der Waals surface area contributed by atoms with E-state index in [1.165, 1.54) is 6.92 Å². The monoisotopic (exact) mass is 242 g/mol. The van der Waals surface area contributed by atoms with Crippen LogP contribution in [0.3, 0.4) is 0 Å². The molecule has 1 aromatic rings. The number of halogens is 3. The van der Waals surface area contributed by atoms with Gasteiger partial charge in [-0.15, -0.1) is 0 Å². The van der Waals surface area contributed by atoms with Crippen molar-refractivity contribution in [1.82, 2.24) is 0 Å². The van der Waals surface area contributed by atoms with E-state index >= 15 is 0 Å². The first-order valence-electron chi connectivity index (χ1n) is 3.78. The predicted octanol–water partition coefficient (Wildman–Crippen LogP) is 1.83. The molecule has 0 amide bonds. The van der Waals surface area contributed by atoms with Crippen LogP contribution in [0.1, 0.15) is 6.92 Å². The fourth-order valence-corrected chi connectivity index (χ4v) is 2.25. The molecule has 0 aliphatic heterocycles. The molecule has 0 aromatic heterocycles. The summed E-state index contributed by atoms with van der Waals surface area (Å²) in [6, 6.07) is 2.34. The molecule has 0 saturated heterocycles. The summed E-state index contributed by atoms with van der Waals surface area (Å²) in [5.74, 6) is -1.75. The Kier molecular flexibility index (Phi) is 3.24. The first-order valence-corrected chi connectivity index (χ1v) is 6.46. The first-order chi connectivity index (χ1) is 6.34. The smallest absolute Gasteiger partial charge is 0.127 e. The molecular weight excluding hydrogens is 234 g/mol. The van der Waals surface area contributed by atoms with Crippen molar-refractivity contribution >= 4 is 19.8 Å². The van der Waals surface area contributed by atoms with Gasteiger partial charge < -0.3 is 5.11 Å². The molecule has 1 atom stereocenters. The van der Waals surface area contributed by atoms with E-state index in [1.54, 1.807) is 0 Å². The largest absolute Gasteiger partial charge is 0.381 e. The van der Waals surface area contributed by atoms with Crippen LogP contribution in [0.4, 0.5) is 8.78 Å². The average molecular weight is 243 g/mol. The molecule has 0 aliphatic rings. The quantitative estimate of drug-likeness (QED) is 0.613. The Morgan fingerprint density at radius 1 is 1.36 bits per heavy atom. The Morgan fingerprint density at radius 3 is 2.14 bits per heavy atom. The van der Waals surface area contributed by atoms with Crippen LogP contribution in [0.5, 0.6) is 0 Å². The van der Waals surface area contributed by atoms with E-state index in [-0.39, 0.29) is 4.90 Å². The second kappa shape index (κ2) is 3.92. The molecule has 1 aromatic carbocycles. The number of hydrogen-bond donors (Lipinski definition) is 2. The van der Waals surface area contributed by atoms with Gasteiger partial charge in [-0.2, -0.15) is 0 Å². The lowest BCUT2D eigenvalue weighted by atomic mass is 10.3. The molecule has 0 radical (unpaired) electrons. The lowest BCUT2D eigenvalue weighted by Gasteiger charge is -2.19. The molecule has 0 bridgehead atoms. The van der Waals surface area contributed by atoms with Gasteiger partial charge in [0.25, 0.3) is 0 Å². The molecule has 1 N–H and O–H groups in total. The fraction of sp³-hybridized carbons (Fsp3) is 0.250. The third-order valence-corrected chi connectivity index (χ3v) is 5.04. The van der Waals surface area contributed by atoms with Gasteiger partial charge in [0.05, 0.1) is 0 Å². The Hall–Kier alpha value is -0.520.